The fraction of sp³-hybridized carbons (Fsp3) is 0.308. The number of rotatable bonds is 6. The van der Waals surface area contributed by atoms with E-state index in [1.165, 1.54) is 0 Å². The first kappa shape index (κ1) is 22.4. The lowest BCUT2D eigenvalue weighted by molar-refractivity contribution is -0.122. The van der Waals surface area contributed by atoms with Gasteiger partial charge in [0, 0.05) is 61.1 Å². The third-order valence-electron chi connectivity index (χ3n) is 5.91. The summed E-state index contributed by atoms with van der Waals surface area (Å²) >= 11 is 1.65. The van der Waals surface area contributed by atoms with Crippen LogP contribution in [0.1, 0.15) is 13.8 Å². The number of nitrogens with one attached hydrogen (secondary N) is 1. The number of hydrogen-bond donors (Lipinski definition) is 1. The Hall–Kier alpha value is -3.36. The zero-order valence-corrected chi connectivity index (χ0v) is 20.3. The third kappa shape index (κ3) is 4.78. The molecule has 1 N–H and O–H groups in total. The maximum absolute atomic E-state index is 12.2. The SMILES string of the molecule is CC(C)NC(=O)CN1CCN(c2nc(-c3cccnc3)nc3scc(-c4ccccc4)c23)CC1. The smallest absolute Gasteiger partial charge is 0.234 e. The highest BCUT2D eigenvalue weighted by atomic mass is 32.1. The van der Waals surface area contributed by atoms with E-state index < -0.39 is 0 Å². The number of thiophene rings is 1. The van der Waals surface area contributed by atoms with Crippen LogP contribution in [0.2, 0.25) is 0 Å². The Morgan fingerprint density at radius 2 is 1.79 bits per heavy atom. The van der Waals surface area contributed by atoms with Gasteiger partial charge in [-0.05, 0) is 31.5 Å². The number of amides is 1. The molecule has 3 aromatic heterocycles. The summed E-state index contributed by atoms with van der Waals surface area (Å²) in [5.41, 5.74) is 3.23. The molecular formula is C26H28N6OS. The first-order valence-corrected chi connectivity index (χ1v) is 12.5. The van der Waals surface area contributed by atoms with Crippen molar-refractivity contribution in [1.82, 2.24) is 25.2 Å². The Labute approximate surface area is 203 Å². The van der Waals surface area contributed by atoms with Gasteiger partial charge >= 0.3 is 0 Å². The largest absolute Gasteiger partial charge is 0.353 e. The zero-order chi connectivity index (χ0) is 23.5. The molecule has 1 fully saturated rings. The average molecular weight is 473 g/mol. The number of piperazine rings is 1. The molecule has 1 aliphatic rings. The third-order valence-corrected chi connectivity index (χ3v) is 6.78. The van der Waals surface area contributed by atoms with Crippen LogP contribution in [-0.4, -0.2) is 64.5 Å². The second kappa shape index (κ2) is 9.87. The molecule has 34 heavy (non-hydrogen) atoms. The summed E-state index contributed by atoms with van der Waals surface area (Å²) in [7, 11) is 0. The van der Waals surface area contributed by atoms with Crippen molar-refractivity contribution in [3.8, 4) is 22.5 Å². The monoisotopic (exact) mass is 472 g/mol. The summed E-state index contributed by atoms with van der Waals surface area (Å²) in [6.45, 7) is 7.63. The Kier molecular flexibility index (Phi) is 6.51. The summed E-state index contributed by atoms with van der Waals surface area (Å²) in [5.74, 6) is 1.72. The number of carbonyl (C=O) groups excluding carboxylic acids is 1. The molecule has 1 amide bonds. The van der Waals surface area contributed by atoms with Crippen molar-refractivity contribution in [2.75, 3.05) is 37.6 Å². The first-order valence-electron chi connectivity index (χ1n) is 11.6. The fourth-order valence-corrected chi connectivity index (χ4v) is 5.24. The quantitative estimate of drug-likeness (QED) is 0.456. The lowest BCUT2D eigenvalue weighted by Gasteiger charge is -2.35. The molecule has 4 aromatic rings. The van der Waals surface area contributed by atoms with Crippen molar-refractivity contribution in [3.63, 3.8) is 0 Å². The topological polar surface area (TPSA) is 74.2 Å². The summed E-state index contributed by atoms with van der Waals surface area (Å²) in [6.07, 6.45) is 3.57. The number of aromatic nitrogens is 3. The van der Waals surface area contributed by atoms with E-state index >= 15 is 0 Å². The van der Waals surface area contributed by atoms with Gasteiger partial charge in [0.2, 0.25) is 5.91 Å². The molecule has 1 aromatic carbocycles. The lowest BCUT2D eigenvalue weighted by atomic mass is 10.1. The minimum absolute atomic E-state index is 0.0796. The predicted molar refractivity (Wildman–Crippen MR) is 138 cm³/mol. The molecule has 0 unspecified atom stereocenters. The van der Waals surface area contributed by atoms with Crippen molar-refractivity contribution in [2.24, 2.45) is 0 Å². The molecule has 1 aliphatic heterocycles. The van der Waals surface area contributed by atoms with E-state index in [0.717, 1.165) is 58.9 Å². The van der Waals surface area contributed by atoms with E-state index in [-0.39, 0.29) is 11.9 Å². The van der Waals surface area contributed by atoms with Gasteiger partial charge in [0.1, 0.15) is 10.6 Å². The summed E-state index contributed by atoms with van der Waals surface area (Å²) in [6, 6.07) is 14.5. The number of nitrogens with zero attached hydrogens (tertiary/aromatic N) is 5. The highest BCUT2D eigenvalue weighted by molar-refractivity contribution is 7.17. The fourth-order valence-electron chi connectivity index (χ4n) is 4.30. The molecule has 4 heterocycles. The molecule has 8 heteroatoms. The van der Waals surface area contributed by atoms with Crippen LogP contribution in [-0.2, 0) is 4.79 Å². The van der Waals surface area contributed by atoms with Crippen LogP contribution in [0, 0.1) is 0 Å². The maximum Gasteiger partial charge on any atom is 0.234 e. The van der Waals surface area contributed by atoms with Crippen molar-refractivity contribution in [1.29, 1.82) is 0 Å². The summed E-state index contributed by atoms with van der Waals surface area (Å²) in [5, 5.41) is 6.26. The Bertz CT molecular complexity index is 1270. The van der Waals surface area contributed by atoms with Crippen molar-refractivity contribution < 1.29 is 4.79 Å². The van der Waals surface area contributed by atoms with Gasteiger partial charge in [-0.15, -0.1) is 11.3 Å². The van der Waals surface area contributed by atoms with Crippen LogP contribution in [0.4, 0.5) is 5.82 Å². The standard InChI is InChI=1S/C26H28N6OS/c1-18(2)28-22(33)16-31-11-13-32(14-12-31)25-23-21(19-7-4-3-5-8-19)17-34-26(23)30-24(29-25)20-9-6-10-27-15-20/h3-10,15,17-18H,11-14,16H2,1-2H3,(H,28,33). The van der Waals surface area contributed by atoms with Gasteiger partial charge in [-0.3, -0.25) is 14.7 Å². The average Bonchev–Trinajstić information content (AvgIpc) is 3.29. The minimum atomic E-state index is 0.0796. The van der Waals surface area contributed by atoms with E-state index in [2.05, 4.69) is 49.7 Å². The second-order valence-corrected chi connectivity index (χ2v) is 9.65. The van der Waals surface area contributed by atoms with E-state index in [4.69, 9.17) is 9.97 Å². The highest BCUT2D eigenvalue weighted by Crippen LogP contribution is 2.39. The number of fused-ring (bicyclic) bond motifs is 1. The van der Waals surface area contributed by atoms with Gasteiger partial charge in [-0.25, -0.2) is 9.97 Å². The number of hydrogen-bond acceptors (Lipinski definition) is 7. The van der Waals surface area contributed by atoms with Crippen molar-refractivity contribution >= 4 is 33.3 Å². The minimum Gasteiger partial charge on any atom is -0.353 e. The molecule has 0 radical (unpaired) electrons. The lowest BCUT2D eigenvalue weighted by Crippen LogP contribution is -2.50. The Morgan fingerprint density at radius 1 is 1.03 bits per heavy atom. The number of benzene rings is 1. The maximum atomic E-state index is 12.2. The van der Waals surface area contributed by atoms with Gasteiger partial charge in [-0.2, -0.15) is 0 Å². The van der Waals surface area contributed by atoms with Crippen LogP contribution < -0.4 is 10.2 Å². The first-order chi connectivity index (χ1) is 16.6. The van der Waals surface area contributed by atoms with Gasteiger partial charge in [-0.1, -0.05) is 30.3 Å². The van der Waals surface area contributed by atoms with Crippen LogP contribution >= 0.6 is 11.3 Å². The molecule has 5 rings (SSSR count). The van der Waals surface area contributed by atoms with Crippen LogP contribution in [0.3, 0.4) is 0 Å². The zero-order valence-electron chi connectivity index (χ0n) is 19.4. The van der Waals surface area contributed by atoms with Crippen molar-refractivity contribution in [3.05, 3.63) is 60.2 Å². The molecular weight excluding hydrogens is 444 g/mol. The van der Waals surface area contributed by atoms with Gasteiger partial charge in [0.15, 0.2) is 5.82 Å². The van der Waals surface area contributed by atoms with Crippen LogP contribution in [0.5, 0.6) is 0 Å². The van der Waals surface area contributed by atoms with E-state index in [1.54, 1.807) is 17.5 Å². The van der Waals surface area contributed by atoms with Gasteiger partial charge in [0.05, 0.1) is 11.9 Å². The number of carbonyl (C=O) groups is 1. The molecule has 7 nitrogen and oxygen atoms in total. The molecule has 0 aliphatic carbocycles. The Balaban J connectivity index is 1.49. The number of anilines is 1. The summed E-state index contributed by atoms with van der Waals surface area (Å²) in [4.78, 5) is 32.0. The van der Waals surface area contributed by atoms with Crippen molar-refractivity contribution in [2.45, 2.75) is 19.9 Å². The van der Waals surface area contributed by atoms with Crippen LogP contribution in [0.25, 0.3) is 32.7 Å². The normalized spacial score (nSPS) is 14.6. The van der Waals surface area contributed by atoms with Crippen LogP contribution in [0.15, 0.2) is 60.2 Å². The van der Waals surface area contributed by atoms with Gasteiger partial charge in [0.25, 0.3) is 0 Å². The van der Waals surface area contributed by atoms with Gasteiger partial charge < -0.3 is 10.2 Å². The Morgan fingerprint density at radius 3 is 2.50 bits per heavy atom. The summed E-state index contributed by atoms with van der Waals surface area (Å²) < 4.78 is 0. The highest BCUT2D eigenvalue weighted by Gasteiger charge is 2.25. The van der Waals surface area contributed by atoms with E-state index in [9.17, 15) is 4.79 Å². The molecule has 174 valence electrons. The van der Waals surface area contributed by atoms with E-state index in [0.29, 0.717) is 12.4 Å². The molecule has 1 saturated heterocycles. The second-order valence-electron chi connectivity index (χ2n) is 8.79. The molecule has 0 bridgehead atoms. The molecule has 0 spiro atoms. The predicted octanol–water partition coefficient (Wildman–Crippen LogP) is 4.07. The molecule has 0 atom stereocenters. The number of pyridine rings is 1. The van der Waals surface area contributed by atoms with E-state index in [1.807, 2.05) is 38.2 Å². The molecule has 0 saturated carbocycles.